The third kappa shape index (κ3) is 5.08. The smallest absolute Gasteiger partial charge is 0.160 e. The predicted molar refractivity (Wildman–Crippen MR) is 100 cm³/mol. The number of aromatic hydroxyl groups is 1. The molecule has 0 radical (unpaired) electrons. The van der Waals surface area contributed by atoms with Crippen LogP contribution < -0.4 is 14.5 Å². The Balaban J connectivity index is 1.45. The number of piperazine rings is 1. The van der Waals surface area contributed by atoms with Gasteiger partial charge in [0.25, 0.3) is 0 Å². The van der Waals surface area contributed by atoms with Gasteiger partial charge < -0.3 is 19.6 Å². The maximum Gasteiger partial charge on any atom is 0.160 e. The summed E-state index contributed by atoms with van der Waals surface area (Å²) in [6.45, 7) is 6.84. The van der Waals surface area contributed by atoms with Crippen LogP contribution in [0, 0.1) is 0 Å². The summed E-state index contributed by atoms with van der Waals surface area (Å²) >= 11 is 0. The number of hydrogen-bond acceptors (Lipinski definition) is 2. The lowest BCUT2D eigenvalue weighted by Crippen LogP contribution is -3.27. The summed E-state index contributed by atoms with van der Waals surface area (Å²) in [7, 11) is 1.59. The number of hydrogen-bond donors (Lipinski definition) is 3. The summed E-state index contributed by atoms with van der Waals surface area (Å²) < 4.78 is 5.20. The normalized spacial score (nSPS) is 20.7. The number of methoxy groups -OCH3 is 1. The number of benzene rings is 2. The topological polar surface area (TPSA) is 38.3 Å². The van der Waals surface area contributed by atoms with E-state index in [1.165, 1.54) is 37.3 Å². The highest BCUT2D eigenvalue weighted by molar-refractivity contribution is 5.48. The SMILES string of the molecule is COc1cc(C[NH+]2CC[NH+](C/C=C/c3ccccc3)CC2)ccc1O. The van der Waals surface area contributed by atoms with E-state index in [-0.39, 0.29) is 5.75 Å². The van der Waals surface area contributed by atoms with E-state index >= 15 is 0 Å². The van der Waals surface area contributed by atoms with Gasteiger partial charge in [0.15, 0.2) is 11.5 Å². The molecule has 0 saturated carbocycles. The fraction of sp³-hybridized carbons (Fsp3) is 0.333. The molecule has 1 fully saturated rings. The van der Waals surface area contributed by atoms with Crippen LogP contribution in [0.15, 0.2) is 54.6 Å². The Labute approximate surface area is 150 Å². The lowest BCUT2D eigenvalue weighted by atomic mass is 10.1. The van der Waals surface area contributed by atoms with Crippen LogP contribution in [0.25, 0.3) is 6.08 Å². The van der Waals surface area contributed by atoms with E-state index < -0.39 is 0 Å². The number of phenols is 1. The van der Waals surface area contributed by atoms with Gasteiger partial charge in [-0.1, -0.05) is 36.4 Å². The fourth-order valence-electron chi connectivity index (χ4n) is 3.38. The summed E-state index contributed by atoms with van der Waals surface area (Å²) in [5.74, 6) is 0.771. The molecule has 0 amide bonds. The van der Waals surface area contributed by atoms with Crippen molar-refractivity contribution in [3.63, 3.8) is 0 Å². The minimum Gasteiger partial charge on any atom is -0.504 e. The van der Waals surface area contributed by atoms with Crippen molar-refractivity contribution < 1.29 is 19.6 Å². The molecule has 0 aliphatic carbocycles. The fourth-order valence-corrected chi connectivity index (χ4v) is 3.38. The zero-order chi connectivity index (χ0) is 17.5. The van der Waals surface area contributed by atoms with Crippen LogP contribution in [-0.2, 0) is 6.54 Å². The van der Waals surface area contributed by atoms with E-state index in [2.05, 4.69) is 36.4 Å². The highest BCUT2D eigenvalue weighted by atomic mass is 16.5. The Kier molecular flexibility index (Phi) is 6.09. The van der Waals surface area contributed by atoms with Crippen LogP contribution in [0.4, 0.5) is 0 Å². The molecule has 3 N–H and O–H groups in total. The van der Waals surface area contributed by atoms with Crippen LogP contribution >= 0.6 is 0 Å². The monoisotopic (exact) mass is 340 g/mol. The third-order valence-corrected chi connectivity index (χ3v) is 4.88. The molecule has 1 saturated heterocycles. The molecule has 2 aromatic rings. The molecule has 0 atom stereocenters. The van der Waals surface area contributed by atoms with Gasteiger partial charge in [-0.05, 0) is 29.8 Å². The van der Waals surface area contributed by atoms with Crippen molar-refractivity contribution in [1.29, 1.82) is 0 Å². The van der Waals surface area contributed by atoms with Crippen LogP contribution in [-0.4, -0.2) is 44.9 Å². The number of phenolic OH excluding ortho intramolecular Hbond substituents is 1. The van der Waals surface area contributed by atoms with E-state index in [0.29, 0.717) is 5.75 Å². The molecule has 2 aromatic carbocycles. The van der Waals surface area contributed by atoms with Gasteiger partial charge in [0, 0.05) is 5.56 Å². The van der Waals surface area contributed by atoms with Crippen molar-refractivity contribution in [2.75, 3.05) is 39.8 Å². The van der Waals surface area contributed by atoms with Crippen LogP contribution in [0.5, 0.6) is 11.5 Å². The van der Waals surface area contributed by atoms with Crippen LogP contribution in [0.1, 0.15) is 11.1 Å². The molecule has 1 aliphatic rings. The van der Waals surface area contributed by atoms with Crippen LogP contribution in [0.2, 0.25) is 0 Å². The molecular formula is C21H28N2O2+2. The van der Waals surface area contributed by atoms with E-state index in [9.17, 15) is 5.11 Å². The molecular weight excluding hydrogens is 312 g/mol. The second-order valence-corrected chi connectivity index (χ2v) is 6.70. The highest BCUT2D eigenvalue weighted by Gasteiger charge is 2.22. The van der Waals surface area contributed by atoms with Gasteiger partial charge in [-0.3, -0.25) is 0 Å². The number of quaternary nitrogens is 2. The minimum absolute atomic E-state index is 0.209. The first kappa shape index (κ1) is 17.5. The van der Waals surface area contributed by atoms with Crippen molar-refractivity contribution in [3.05, 3.63) is 65.7 Å². The second-order valence-electron chi connectivity index (χ2n) is 6.70. The molecule has 3 rings (SSSR count). The average molecular weight is 340 g/mol. The van der Waals surface area contributed by atoms with E-state index in [1.807, 2.05) is 18.2 Å². The van der Waals surface area contributed by atoms with Gasteiger partial charge in [-0.2, -0.15) is 0 Å². The number of ether oxygens (including phenoxy) is 1. The lowest BCUT2D eigenvalue weighted by Gasteiger charge is -2.29. The summed E-state index contributed by atoms with van der Waals surface area (Å²) in [6.07, 6.45) is 4.51. The molecule has 0 spiro atoms. The predicted octanol–water partition coefficient (Wildman–Crippen LogP) is 0.398. The Morgan fingerprint density at radius 2 is 1.72 bits per heavy atom. The van der Waals surface area contributed by atoms with Crippen molar-refractivity contribution >= 4 is 6.08 Å². The maximum absolute atomic E-state index is 9.70. The largest absolute Gasteiger partial charge is 0.504 e. The molecule has 4 heteroatoms. The highest BCUT2D eigenvalue weighted by Crippen LogP contribution is 2.25. The summed E-state index contributed by atoms with van der Waals surface area (Å²) in [4.78, 5) is 3.25. The van der Waals surface area contributed by atoms with Gasteiger partial charge in [-0.15, -0.1) is 0 Å². The Hall–Kier alpha value is -2.30. The zero-order valence-electron chi connectivity index (χ0n) is 14.9. The van der Waals surface area contributed by atoms with E-state index in [4.69, 9.17) is 4.74 Å². The summed E-state index contributed by atoms with van der Waals surface area (Å²) in [5, 5.41) is 9.70. The molecule has 0 bridgehead atoms. The van der Waals surface area contributed by atoms with Gasteiger partial charge in [0.05, 0.1) is 13.7 Å². The number of nitrogens with one attached hydrogen (secondary N) is 2. The van der Waals surface area contributed by atoms with Gasteiger partial charge in [-0.25, -0.2) is 0 Å². The maximum atomic E-state index is 9.70. The standard InChI is InChI=1S/C21H26N2O2/c1-25-21-16-19(9-10-20(21)24)17-23-14-12-22(13-15-23)11-5-8-18-6-3-2-4-7-18/h2-10,16,24H,11-15,17H2,1H3/p+2/b8-5+. The molecule has 4 nitrogen and oxygen atoms in total. The average Bonchev–Trinajstić information content (AvgIpc) is 2.65. The second kappa shape index (κ2) is 8.70. The van der Waals surface area contributed by atoms with Crippen molar-refractivity contribution in [2.24, 2.45) is 0 Å². The van der Waals surface area contributed by atoms with Crippen LogP contribution in [0.3, 0.4) is 0 Å². The molecule has 1 aliphatic heterocycles. The Morgan fingerprint density at radius 1 is 1.00 bits per heavy atom. The first-order valence-corrected chi connectivity index (χ1v) is 8.99. The molecule has 0 unspecified atom stereocenters. The quantitative estimate of drug-likeness (QED) is 0.712. The van der Waals surface area contributed by atoms with Crippen molar-refractivity contribution in [3.8, 4) is 11.5 Å². The minimum atomic E-state index is 0.209. The molecule has 132 valence electrons. The van der Waals surface area contributed by atoms with Crippen molar-refractivity contribution in [1.82, 2.24) is 0 Å². The van der Waals surface area contributed by atoms with Crippen molar-refractivity contribution in [2.45, 2.75) is 6.54 Å². The van der Waals surface area contributed by atoms with Gasteiger partial charge in [0.1, 0.15) is 32.7 Å². The lowest BCUT2D eigenvalue weighted by molar-refractivity contribution is -1.02. The van der Waals surface area contributed by atoms with Gasteiger partial charge >= 0.3 is 0 Å². The molecule has 25 heavy (non-hydrogen) atoms. The first-order valence-electron chi connectivity index (χ1n) is 8.99. The summed E-state index contributed by atoms with van der Waals surface area (Å²) in [6, 6.07) is 16.1. The van der Waals surface area contributed by atoms with E-state index in [1.54, 1.807) is 23.0 Å². The van der Waals surface area contributed by atoms with E-state index in [0.717, 1.165) is 13.1 Å². The molecule has 1 heterocycles. The Bertz CT molecular complexity index is 692. The van der Waals surface area contributed by atoms with Gasteiger partial charge in [0.2, 0.25) is 0 Å². The first-order chi connectivity index (χ1) is 12.2. The summed E-state index contributed by atoms with van der Waals surface area (Å²) in [5.41, 5.74) is 2.49. The third-order valence-electron chi connectivity index (χ3n) is 4.88. The Morgan fingerprint density at radius 3 is 2.44 bits per heavy atom. The zero-order valence-corrected chi connectivity index (χ0v) is 14.9. The molecule has 0 aromatic heterocycles. The number of rotatable bonds is 6.